The summed E-state index contributed by atoms with van der Waals surface area (Å²) in [5, 5.41) is 10.7. The monoisotopic (exact) mass is 283 g/mol. The summed E-state index contributed by atoms with van der Waals surface area (Å²) >= 11 is 4.80. The molecule has 1 aromatic rings. The molecule has 0 aliphatic carbocycles. The van der Waals surface area contributed by atoms with Gasteiger partial charge in [0.2, 0.25) is 0 Å². The molecule has 0 N–H and O–H groups in total. The van der Waals surface area contributed by atoms with Gasteiger partial charge >= 0.3 is 6.72 Å². The molecule has 0 fully saturated rings. The van der Waals surface area contributed by atoms with Gasteiger partial charge in [-0.15, -0.1) is 0 Å². The molecule has 94 valence electrons. The molecule has 0 spiro atoms. The molecule has 6 nitrogen and oxygen atoms in total. The molecule has 0 amide bonds. The maximum atomic E-state index is 10.7. The predicted molar refractivity (Wildman–Crippen MR) is 66.8 cm³/mol. The number of nitrogens with zero attached hydrogens (tertiary/aromatic N) is 1. The highest BCUT2D eigenvalue weighted by atomic mass is 32.5. The second kappa shape index (κ2) is 5.55. The van der Waals surface area contributed by atoms with Gasteiger partial charge in [0.1, 0.15) is 5.75 Å². The van der Waals surface area contributed by atoms with Crippen molar-refractivity contribution < 1.29 is 26.7 Å². The zero-order valence-corrected chi connectivity index (χ0v) is 10.3. The average Bonchev–Trinajstić information content (AvgIpc) is 2.21. The summed E-state index contributed by atoms with van der Waals surface area (Å²) < 4.78 is 56.3. The Morgan fingerprint density at radius 3 is 2.59 bits per heavy atom. The van der Waals surface area contributed by atoms with E-state index in [1.807, 2.05) is 0 Å². The van der Waals surface area contributed by atoms with E-state index in [-0.39, 0.29) is 17.0 Å². The number of nitro groups is 1. The SMILES string of the molecule is [2H]C([2H])([2H])OP(=S)(Oc1ccc([N+](=O)[O-])c(C)c1)OC([2H])([2H])[2H]. The van der Waals surface area contributed by atoms with Crippen molar-refractivity contribution in [2.75, 3.05) is 14.1 Å². The fraction of sp³-hybridized carbons (Fsp3) is 0.333. The highest BCUT2D eigenvalue weighted by Gasteiger charge is 2.19. The standard InChI is InChI=1S/C9H12NO5PS/c1-7-6-8(4-5-9(7)10(11)12)15-16(17,13-2)14-3/h4-6H,1-3H3/i2D3,3D3. The third kappa shape index (κ3) is 3.47. The quantitative estimate of drug-likeness (QED) is 0.470. The van der Waals surface area contributed by atoms with Gasteiger partial charge in [-0.3, -0.25) is 10.1 Å². The Labute approximate surface area is 112 Å². The molecular weight excluding hydrogens is 265 g/mol. The molecule has 1 rings (SSSR count). The van der Waals surface area contributed by atoms with Crippen molar-refractivity contribution >= 4 is 24.2 Å². The smallest absolute Gasteiger partial charge is 0.380 e. The molecular formula is C9H12NO5PS. The van der Waals surface area contributed by atoms with Crippen LogP contribution in [0.4, 0.5) is 5.69 Å². The van der Waals surface area contributed by atoms with Crippen LogP contribution >= 0.6 is 6.72 Å². The average molecular weight is 283 g/mol. The first-order valence-corrected chi connectivity index (χ1v) is 6.73. The number of hydrogen-bond acceptors (Lipinski definition) is 6. The van der Waals surface area contributed by atoms with Crippen molar-refractivity contribution in [1.82, 2.24) is 0 Å². The fourth-order valence-electron chi connectivity index (χ4n) is 1.07. The van der Waals surface area contributed by atoms with Crippen LogP contribution in [0.5, 0.6) is 5.75 Å². The topological polar surface area (TPSA) is 70.8 Å². The number of hydrogen-bond donors (Lipinski definition) is 0. The molecule has 0 bridgehead atoms. The minimum absolute atomic E-state index is 0.107. The van der Waals surface area contributed by atoms with Crippen molar-refractivity contribution in [3.63, 3.8) is 0 Å². The van der Waals surface area contributed by atoms with Gasteiger partial charge in [-0.05, 0) is 19.1 Å². The lowest BCUT2D eigenvalue weighted by atomic mass is 10.2. The first-order valence-electron chi connectivity index (χ1n) is 7.17. The van der Waals surface area contributed by atoms with E-state index in [1.165, 1.54) is 13.0 Å². The number of nitro benzene ring substituents is 1. The van der Waals surface area contributed by atoms with E-state index in [1.54, 1.807) is 0 Å². The molecule has 0 aliphatic heterocycles. The summed E-state index contributed by atoms with van der Waals surface area (Å²) in [6.45, 7) is -2.78. The van der Waals surface area contributed by atoms with Crippen molar-refractivity contribution in [3.05, 3.63) is 33.9 Å². The van der Waals surface area contributed by atoms with Gasteiger partial charge in [-0.2, -0.15) is 0 Å². The molecule has 0 aromatic heterocycles. The summed E-state index contributed by atoms with van der Waals surface area (Å²) in [7, 11) is -6.09. The van der Waals surface area contributed by atoms with Crippen molar-refractivity contribution in [2.24, 2.45) is 0 Å². The van der Waals surface area contributed by atoms with Crippen LogP contribution in [-0.4, -0.2) is 19.0 Å². The molecule has 0 heterocycles. The van der Waals surface area contributed by atoms with Crippen molar-refractivity contribution in [2.45, 2.75) is 6.92 Å². The molecule has 0 atom stereocenters. The Morgan fingerprint density at radius 2 is 2.12 bits per heavy atom. The summed E-state index contributed by atoms with van der Waals surface area (Å²) in [4.78, 5) is 10.1. The highest BCUT2D eigenvalue weighted by Crippen LogP contribution is 2.48. The van der Waals surface area contributed by atoms with E-state index in [2.05, 4.69) is 9.05 Å². The summed E-state index contributed by atoms with van der Waals surface area (Å²) in [5.74, 6) is -0.107. The second-order valence-electron chi connectivity index (χ2n) is 2.93. The lowest BCUT2D eigenvalue weighted by Gasteiger charge is -2.18. The van der Waals surface area contributed by atoms with E-state index in [0.29, 0.717) is 0 Å². The van der Waals surface area contributed by atoms with Crippen LogP contribution in [0.3, 0.4) is 0 Å². The maximum Gasteiger partial charge on any atom is 0.380 e. The molecule has 0 aliphatic rings. The van der Waals surface area contributed by atoms with Gasteiger partial charge in [0.25, 0.3) is 5.69 Å². The molecule has 17 heavy (non-hydrogen) atoms. The Kier molecular flexibility index (Phi) is 2.43. The Hall–Kier alpha value is -1.01. The second-order valence-corrected chi connectivity index (χ2v) is 5.71. The van der Waals surface area contributed by atoms with Gasteiger partial charge in [-0.25, -0.2) is 0 Å². The first-order chi connectivity index (χ1) is 10.2. The summed E-state index contributed by atoms with van der Waals surface area (Å²) in [5.41, 5.74) is 0.0101. The normalized spacial score (nSPS) is 17.9. The maximum absolute atomic E-state index is 10.7. The van der Waals surface area contributed by atoms with Crippen LogP contribution in [0.15, 0.2) is 18.2 Å². The molecule has 0 radical (unpaired) electrons. The van der Waals surface area contributed by atoms with Gasteiger partial charge in [0.05, 0.1) is 13.1 Å². The van der Waals surface area contributed by atoms with E-state index >= 15 is 0 Å². The molecule has 0 saturated carbocycles. The van der Waals surface area contributed by atoms with Gasteiger partial charge in [0, 0.05) is 37.5 Å². The summed E-state index contributed by atoms with van der Waals surface area (Å²) in [6.07, 6.45) is 0. The van der Waals surface area contributed by atoms with Crippen LogP contribution in [0, 0.1) is 17.0 Å². The first kappa shape index (κ1) is 7.43. The number of benzene rings is 1. The van der Waals surface area contributed by atoms with Crippen LogP contribution in [0.1, 0.15) is 13.8 Å². The van der Waals surface area contributed by atoms with Crippen molar-refractivity contribution in [3.8, 4) is 5.75 Å². The molecule has 1 aromatic carbocycles. The van der Waals surface area contributed by atoms with E-state index < -0.39 is 25.7 Å². The third-order valence-electron chi connectivity index (χ3n) is 1.81. The lowest BCUT2D eigenvalue weighted by Crippen LogP contribution is -1.98. The van der Waals surface area contributed by atoms with E-state index in [9.17, 15) is 10.1 Å². The van der Waals surface area contributed by atoms with Crippen LogP contribution in [0.25, 0.3) is 0 Å². The van der Waals surface area contributed by atoms with Crippen LogP contribution < -0.4 is 4.52 Å². The highest BCUT2D eigenvalue weighted by molar-refractivity contribution is 8.07. The van der Waals surface area contributed by atoms with E-state index in [4.69, 9.17) is 24.6 Å². The minimum atomic E-state index is -4.20. The lowest BCUT2D eigenvalue weighted by molar-refractivity contribution is -0.385. The Bertz CT molecular complexity index is 628. The zero-order chi connectivity index (χ0) is 18.1. The minimum Gasteiger partial charge on any atom is -0.424 e. The fourth-order valence-corrected chi connectivity index (χ4v) is 1.82. The van der Waals surface area contributed by atoms with Gasteiger partial charge in [0.15, 0.2) is 0 Å². The molecule has 8 heteroatoms. The van der Waals surface area contributed by atoms with Crippen LogP contribution in [0.2, 0.25) is 0 Å². The number of aryl methyl sites for hydroxylation is 1. The molecule has 0 unspecified atom stereocenters. The van der Waals surface area contributed by atoms with Gasteiger partial charge in [-0.1, -0.05) is 0 Å². The van der Waals surface area contributed by atoms with E-state index in [0.717, 1.165) is 12.1 Å². The number of rotatable bonds is 5. The predicted octanol–water partition coefficient (Wildman–Crippen LogP) is 2.80. The Morgan fingerprint density at radius 1 is 1.47 bits per heavy atom. The van der Waals surface area contributed by atoms with Crippen LogP contribution in [-0.2, 0) is 20.9 Å². The third-order valence-corrected chi connectivity index (χ3v) is 3.36. The van der Waals surface area contributed by atoms with Gasteiger partial charge < -0.3 is 13.6 Å². The summed E-state index contributed by atoms with van der Waals surface area (Å²) in [6, 6.07) is 3.44. The molecule has 0 saturated heterocycles. The zero-order valence-electron chi connectivity index (χ0n) is 14.6. The van der Waals surface area contributed by atoms with Crippen molar-refractivity contribution in [1.29, 1.82) is 0 Å². The Balaban J connectivity index is 3.13. The largest absolute Gasteiger partial charge is 0.424 e.